The van der Waals surface area contributed by atoms with Gasteiger partial charge in [-0.15, -0.1) is 11.3 Å². The number of anilines is 1. The second-order valence-corrected chi connectivity index (χ2v) is 4.63. The minimum atomic E-state index is -0.442. The summed E-state index contributed by atoms with van der Waals surface area (Å²) in [5.74, 6) is 0.302. The Kier molecular flexibility index (Phi) is 3.83. The van der Waals surface area contributed by atoms with Crippen LogP contribution in [0.2, 0.25) is 0 Å². The quantitative estimate of drug-likeness (QED) is 0.662. The van der Waals surface area contributed by atoms with Gasteiger partial charge in [-0.25, -0.2) is 9.97 Å². The summed E-state index contributed by atoms with van der Waals surface area (Å²) in [5, 5.41) is 16.7. The zero-order valence-electron chi connectivity index (χ0n) is 9.79. The number of thiazole rings is 1. The molecule has 0 bridgehead atoms. The van der Waals surface area contributed by atoms with Gasteiger partial charge in [0.2, 0.25) is 5.82 Å². The zero-order chi connectivity index (χ0) is 13.0. The molecule has 2 rings (SSSR count). The van der Waals surface area contributed by atoms with Crippen LogP contribution in [0.15, 0.2) is 23.7 Å². The lowest BCUT2D eigenvalue weighted by Crippen LogP contribution is -2.08. The molecule has 0 atom stereocenters. The summed E-state index contributed by atoms with van der Waals surface area (Å²) >= 11 is 1.59. The molecular formula is C11H12N4O2S. The van der Waals surface area contributed by atoms with Crippen LogP contribution in [0.5, 0.6) is 0 Å². The molecule has 0 unspecified atom stereocenters. The molecule has 0 amide bonds. The standard InChI is InChI=1S/C11H12N4O2S/c1-8-7-18-10(14-8)4-6-13-11-9(15(16)17)3-2-5-12-11/h2-3,5,7H,4,6H2,1H3,(H,12,13). The fourth-order valence-corrected chi connectivity index (χ4v) is 2.26. The Balaban J connectivity index is 1.96. The van der Waals surface area contributed by atoms with Crippen molar-refractivity contribution in [1.82, 2.24) is 9.97 Å². The second kappa shape index (κ2) is 5.54. The molecule has 0 spiro atoms. The summed E-state index contributed by atoms with van der Waals surface area (Å²) in [6, 6.07) is 2.98. The number of rotatable bonds is 5. The Bertz CT molecular complexity index is 555. The molecule has 6 nitrogen and oxygen atoms in total. The van der Waals surface area contributed by atoms with E-state index in [9.17, 15) is 10.1 Å². The molecule has 2 aromatic rings. The maximum atomic E-state index is 10.8. The second-order valence-electron chi connectivity index (χ2n) is 3.69. The Morgan fingerprint density at radius 2 is 2.39 bits per heavy atom. The lowest BCUT2D eigenvalue weighted by atomic mass is 10.3. The predicted octanol–water partition coefficient (Wildman–Crippen LogP) is 2.41. The Labute approximate surface area is 108 Å². The lowest BCUT2D eigenvalue weighted by Gasteiger charge is -2.04. The van der Waals surface area contributed by atoms with Crippen molar-refractivity contribution in [2.75, 3.05) is 11.9 Å². The molecule has 0 saturated carbocycles. The van der Waals surface area contributed by atoms with E-state index < -0.39 is 4.92 Å². The molecule has 2 heterocycles. The van der Waals surface area contributed by atoms with E-state index in [-0.39, 0.29) is 5.69 Å². The van der Waals surface area contributed by atoms with E-state index in [4.69, 9.17) is 0 Å². The smallest absolute Gasteiger partial charge is 0.311 e. The minimum absolute atomic E-state index is 0.00665. The maximum Gasteiger partial charge on any atom is 0.311 e. The van der Waals surface area contributed by atoms with E-state index >= 15 is 0 Å². The van der Waals surface area contributed by atoms with Crippen LogP contribution in [0.4, 0.5) is 11.5 Å². The Hall–Kier alpha value is -2.02. The van der Waals surface area contributed by atoms with Gasteiger partial charge in [0.05, 0.1) is 9.93 Å². The molecule has 0 saturated heterocycles. The number of nitrogens with one attached hydrogen (secondary N) is 1. The summed E-state index contributed by atoms with van der Waals surface area (Å²) in [4.78, 5) is 18.6. The van der Waals surface area contributed by atoms with Crippen molar-refractivity contribution in [3.05, 3.63) is 44.5 Å². The SMILES string of the molecule is Cc1csc(CCNc2ncccc2[N+](=O)[O-])n1. The highest BCUT2D eigenvalue weighted by Crippen LogP contribution is 2.20. The van der Waals surface area contributed by atoms with Crippen molar-refractivity contribution in [2.24, 2.45) is 0 Å². The molecule has 94 valence electrons. The van der Waals surface area contributed by atoms with Crippen LogP contribution < -0.4 is 5.32 Å². The molecule has 0 aliphatic heterocycles. The predicted molar refractivity (Wildman–Crippen MR) is 69.9 cm³/mol. The van der Waals surface area contributed by atoms with Crippen LogP contribution in [-0.4, -0.2) is 21.4 Å². The summed E-state index contributed by atoms with van der Waals surface area (Å²) in [7, 11) is 0. The molecule has 0 aliphatic carbocycles. The van der Waals surface area contributed by atoms with E-state index in [0.717, 1.165) is 17.1 Å². The first-order chi connectivity index (χ1) is 8.66. The van der Waals surface area contributed by atoms with Gasteiger partial charge in [0, 0.05) is 36.3 Å². The first-order valence-electron chi connectivity index (χ1n) is 5.41. The monoisotopic (exact) mass is 264 g/mol. The third-order valence-electron chi connectivity index (χ3n) is 2.28. The number of aromatic nitrogens is 2. The topological polar surface area (TPSA) is 81.0 Å². The number of pyridine rings is 1. The van der Waals surface area contributed by atoms with Crippen molar-refractivity contribution >= 4 is 22.8 Å². The average Bonchev–Trinajstić information content (AvgIpc) is 2.75. The Morgan fingerprint density at radius 1 is 1.56 bits per heavy atom. The molecule has 0 aromatic carbocycles. The lowest BCUT2D eigenvalue weighted by molar-refractivity contribution is -0.384. The highest BCUT2D eigenvalue weighted by atomic mass is 32.1. The normalized spacial score (nSPS) is 10.3. The Morgan fingerprint density at radius 3 is 3.06 bits per heavy atom. The van der Waals surface area contributed by atoms with Crippen molar-refractivity contribution in [3.63, 3.8) is 0 Å². The van der Waals surface area contributed by atoms with Crippen LogP contribution in [0.25, 0.3) is 0 Å². The summed E-state index contributed by atoms with van der Waals surface area (Å²) < 4.78 is 0. The fourth-order valence-electron chi connectivity index (χ4n) is 1.49. The first kappa shape index (κ1) is 12.4. The molecule has 2 aromatic heterocycles. The number of nitrogens with zero attached hydrogens (tertiary/aromatic N) is 3. The van der Waals surface area contributed by atoms with Crippen LogP contribution >= 0.6 is 11.3 Å². The molecule has 7 heteroatoms. The number of aryl methyl sites for hydroxylation is 1. The maximum absolute atomic E-state index is 10.8. The van der Waals surface area contributed by atoms with Gasteiger partial charge < -0.3 is 5.32 Å². The highest BCUT2D eigenvalue weighted by Gasteiger charge is 2.13. The van der Waals surface area contributed by atoms with Gasteiger partial charge in [-0.3, -0.25) is 10.1 Å². The van der Waals surface area contributed by atoms with Crippen LogP contribution in [-0.2, 0) is 6.42 Å². The fraction of sp³-hybridized carbons (Fsp3) is 0.273. The summed E-state index contributed by atoms with van der Waals surface area (Å²) in [5.41, 5.74) is 0.992. The minimum Gasteiger partial charge on any atom is -0.364 e. The van der Waals surface area contributed by atoms with Crippen molar-refractivity contribution in [1.29, 1.82) is 0 Å². The van der Waals surface area contributed by atoms with Crippen LogP contribution in [0.3, 0.4) is 0 Å². The van der Waals surface area contributed by atoms with Gasteiger partial charge in [0.25, 0.3) is 0 Å². The van der Waals surface area contributed by atoms with Crippen molar-refractivity contribution in [3.8, 4) is 0 Å². The summed E-state index contributed by atoms with van der Waals surface area (Å²) in [6.07, 6.45) is 2.26. The molecule has 0 fully saturated rings. The van der Waals surface area contributed by atoms with Crippen molar-refractivity contribution in [2.45, 2.75) is 13.3 Å². The molecule has 1 N–H and O–H groups in total. The van der Waals surface area contributed by atoms with Gasteiger partial charge in [-0.1, -0.05) is 0 Å². The molecule has 18 heavy (non-hydrogen) atoms. The number of hydrogen-bond donors (Lipinski definition) is 1. The first-order valence-corrected chi connectivity index (χ1v) is 6.29. The highest BCUT2D eigenvalue weighted by molar-refractivity contribution is 7.09. The van der Waals surface area contributed by atoms with Gasteiger partial charge in [-0.2, -0.15) is 0 Å². The van der Waals surface area contributed by atoms with Gasteiger partial charge >= 0.3 is 5.69 Å². The molecular weight excluding hydrogens is 252 g/mol. The summed E-state index contributed by atoms with van der Waals surface area (Å²) in [6.45, 7) is 2.52. The van der Waals surface area contributed by atoms with Crippen molar-refractivity contribution < 1.29 is 4.92 Å². The van der Waals surface area contributed by atoms with E-state index in [1.165, 1.54) is 12.3 Å². The van der Waals surface area contributed by atoms with Gasteiger partial charge in [-0.05, 0) is 13.0 Å². The van der Waals surface area contributed by atoms with E-state index in [0.29, 0.717) is 12.4 Å². The number of nitro groups is 1. The van der Waals surface area contributed by atoms with Gasteiger partial charge in [0.1, 0.15) is 0 Å². The van der Waals surface area contributed by atoms with E-state index in [1.807, 2.05) is 12.3 Å². The molecule has 0 radical (unpaired) electrons. The third kappa shape index (κ3) is 3.01. The third-order valence-corrected chi connectivity index (χ3v) is 3.31. The van der Waals surface area contributed by atoms with E-state index in [1.54, 1.807) is 17.4 Å². The van der Waals surface area contributed by atoms with Crippen LogP contribution in [0.1, 0.15) is 10.7 Å². The van der Waals surface area contributed by atoms with Crippen LogP contribution in [0, 0.1) is 17.0 Å². The van der Waals surface area contributed by atoms with Gasteiger partial charge in [0.15, 0.2) is 0 Å². The largest absolute Gasteiger partial charge is 0.364 e. The molecule has 0 aliphatic rings. The zero-order valence-corrected chi connectivity index (χ0v) is 10.6. The van der Waals surface area contributed by atoms with E-state index in [2.05, 4.69) is 15.3 Å². The average molecular weight is 264 g/mol. The number of hydrogen-bond acceptors (Lipinski definition) is 6.